The lowest BCUT2D eigenvalue weighted by Crippen LogP contribution is -2.17. The second-order valence-electron chi connectivity index (χ2n) is 5.47. The van der Waals surface area contributed by atoms with Crippen LogP contribution < -0.4 is 9.47 Å². The SMILES string of the molecule is COc1ccc(F)cc1C(=O)CSc1nnnn1-c1ccc(OC(F)(F)F)cc1. The number of methoxy groups -OCH3 is 1. The van der Waals surface area contributed by atoms with Gasteiger partial charge < -0.3 is 9.47 Å². The van der Waals surface area contributed by atoms with Crippen LogP contribution in [-0.2, 0) is 0 Å². The fourth-order valence-corrected chi connectivity index (χ4v) is 3.10. The molecule has 0 fully saturated rings. The van der Waals surface area contributed by atoms with Crippen LogP contribution in [0.5, 0.6) is 11.5 Å². The lowest BCUT2D eigenvalue weighted by atomic mass is 10.1. The maximum absolute atomic E-state index is 13.4. The first-order chi connectivity index (χ1) is 13.8. The van der Waals surface area contributed by atoms with Gasteiger partial charge in [-0.15, -0.1) is 18.3 Å². The first-order valence-electron chi connectivity index (χ1n) is 7.91. The molecule has 0 N–H and O–H groups in total. The van der Waals surface area contributed by atoms with E-state index in [0.29, 0.717) is 5.69 Å². The number of aromatic nitrogens is 4. The maximum Gasteiger partial charge on any atom is 0.573 e. The van der Waals surface area contributed by atoms with E-state index in [0.717, 1.165) is 30.0 Å². The molecule has 1 aromatic heterocycles. The number of rotatable bonds is 7. The van der Waals surface area contributed by atoms with Gasteiger partial charge in [-0.3, -0.25) is 4.79 Å². The van der Waals surface area contributed by atoms with Crippen molar-refractivity contribution in [2.24, 2.45) is 0 Å². The Bertz CT molecular complexity index is 1010. The average Bonchev–Trinajstić information content (AvgIpc) is 3.14. The van der Waals surface area contributed by atoms with Gasteiger partial charge in [0.2, 0.25) is 5.16 Å². The molecule has 1 heterocycles. The number of hydrogen-bond acceptors (Lipinski definition) is 7. The standard InChI is InChI=1S/C17H12F4N4O3S/c1-27-15-7-2-10(18)8-13(15)14(26)9-29-16-22-23-24-25(16)11-3-5-12(6-4-11)28-17(19,20)21/h2-8H,9H2,1H3. The highest BCUT2D eigenvalue weighted by Crippen LogP contribution is 2.26. The van der Waals surface area contributed by atoms with E-state index >= 15 is 0 Å². The van der Waals surface area contributed by atoms with Crippen molar-refractivity contribution >= 4 is 17.5 Å². The Morgan fingerprint density at radius 2 is 1.90 bits per heavy atom. The van der Waals surface area contributed by atoms with E-state index < -0.39 is 23.7 Å². The summed E-state index contributed by atoms with van der Waals surface area (Å²) in [4.78, 5) is 12.4. The number of nitrogens with zero attached hydrogens (tertiary/aromatic N) is 4. The van der Waals surface area contributed by atoms with Crippen LogP contribution in [0.2, 0.25) is 0 Å². The number of carbonyl (C=O) groups excluding carboxylic acids is 1. The molecule has 0 aliphatic heterocycles. The molecule has 29 heavy (non-hydrogen) atoms. The summed E-state index contributed by atoms with van der Waals surface area (Å²) in [6, 6.07) is 8.49. The van der Waals surface area contributed by atoms with E-state index in [1.54, 1.807) is 0 Å². The Balaban J connectivity index is 1.73. The van der Waals surface area contributed by atoms with Crippen LogP contribution in [0.3, 0.4) is 0 Å². The van der Waals surface area contributed by atoms with Crippen molar-refractivity contribution < 1.29 is 31.8 Å². The summed E-state index contributed by atoms with van der Waals surface area (Å²) in [5.41, 5.74) is 0.440. The predicted molar refractivity (Wildman–Crippen MR) is 93.8 cm³/mol. The van der Waals surface area contributed by atoms with Crippen molar-refractivity contribution in [1.82, 2.24) is 20.2 Å². The lowest BCUT2D eigenvalue weighted by Gasteiger charge is -2.10. The molecule has 0 amide bonds. The summed E-state index contributed by atoms with van der Waals surface area (Å²) in [5.74, 6) is -1.26. The van der Waals surface area contributed by atoms with Gasteiger partial charge in [0, 0.05) is 0 Å². The second kappa shape index (κ2) is 8.47. The number of halogens is 4. The largest absolute Gasteiger partial charge is 0.573 e. The van der Waals surface area contributed by atoms with Crippen molar-refractivity contribution in [2.75, 3.05) is 12.9 Å². The van der Waals surface area contributed by atoms with Crippen molar-refractivity contribution in [2.45, 2.75) is 11.5 Å². The molecular formula is C17H12F4N4O3S. The molecule has 152 valence electrons. The van der Waals surface area contributed by atoms with Gasteiger partial charge in [0.1, 0.15) is 17.3 Å². The van der Waals surface area contributed by atoms with Crippen LogP contribution in [0.4, 0.5) is 17.6 Å². The lowest BCUT2D eigenvalue weighted by molar-refractivity contribution is -0.274. The molecule has 0 aliphatic rings. The monoisotopic (exact) mass is 428 g/mol. The van der Waals surface area contributed by atoms with Gasteiger partial charge in [-0.1, -0.05) is 11.8 Å². The predicted octanol–water partition coefficient (Wildman–Crippen LogP) is 3.68. The third-order valence-electron chi connectivity index (χ3n) is 3.55. The van der Waals surface area contributed by atoms with Gasteiger partial charge in [-0.05, 0) is 52.9 Å². The van der Waals surface area contributed by atoms with E-state index in [9.17, 15) is 22.4 Å². The maximum atomic E-state index is 13.4. The van der Waals surface area contributed by atoms with E-state index in [1.807, 2.05) is 0 Å². The summed E-state index contributed by atoms with van der Waals surface area (Å²) in [5, 5.41) is 11.3. The molecule has 3 aromatic rings. The Morgan fingerprint density at radius 1 is 1.17 bits per heavy atom. The van der Waals surface area contributed by atoms with E-state index in [1.165, 1.54) is 36.1 Å². The first-order valence-corrected chi connectivity index (χ1v) is 8.89. The number of hydrogen-bond donors (Lipinski definition) is 0. The Kier molecular flexibility index (Phi) is 6.01. The number of thioether (sulfide) groups is 1. The number of carbonyl (C=O) groups is 1. The van der Waals surface area contributed by atoms with E-state index in [-0.39, 0.29) is 22.2 Å². The van der Waals surface area contributed by atoms with Crippen molar-refractivity contribution in [3.8, 4) is 17.2 Å². The number of alkyl halides is 3. The normalized spacial score (nSPS) is 11.3. The molecule has 0 atom stereocenters. The van der Waals surface area contributed by atoms with Crippen LogP contribution in [0.1, 0.15) is 10.4 Å². The molecule has 0 aliphatic carbocycles. The van der Waals surface area contributed by atoms with Crippen LogP contribution in [0, 0.1) is 5.82 Å². The van der Waals surface area contributed by atoms with Crippen LogP contribution >= 0.6 is 11.8 Å². The van der Waals surface area contributed by atoms with Crippen molar-refractivity contribution in [3.05, 3.63) is 53.8 Å². The van der Waals surface area contributed by atoms with Crippen molar-refractivity contribution in [3.63, 3.8) is 0 Å². The number of tetrazole rings is 1. The Labute approximate surface area is 165 Å². The molecular weight excluding hydrogens is 416 g/mol. The summed E-state index contributed by atoms with van der Waals surface area (Å²) < 4.78 is 60.3. The van der Waals surface area contributed by atoms with Gasteiger partial charge >= 0.3 is 6.36 Å². The zero-order valence-corrected chi connectivity index (χ0v) is 15.5. The molecule has 0 bridgehead atoms. The van der Waals surface area contributed by atoms with Crippen LogP contribution in [-0.4, -0.2) is 45.2 Å². The highest BCUT2D eigenvalue weighted by molar-refractivity contribution is 7.99. The van der Waals surface area contributed by atoms with E-state index in [2.05, 4.69) is 20.3 Å². The number of Topliss-reactive ketones (excluding diaryl/α,β-unsaturated/α-hetero) is 1. The smallest absolute Gasteiger partial charge is 0.496 e. The molecule has 0 saturated heterocycles. The van der Waals surface area contributed by atoms with Crippen molar-refractivity contribution in [1.29, 1.82) is 0 Å². The van der Waals surface area contributed by atoms with Crippen LogP contribution in [0.25, 0.3) is 5.69 Å². The molecule has 0 unspecified atom stereocenters. The number of ether oxygens (including phenoxy) is 2. The number of benzene rings is 2. The minimum atomic E-state index is -4.80. The minimum Gasteiger partial charge on any atom is -0.496 e. The Hall–Kier alpha value is -3.15. The fraction of sp³-hybridized carbons (Fsp3) is 0.176. The highest BCUT2D eigenvalue weighted by atomic mass is 32.2. The molecule has 12 heteroatoms. The average molecular weight is 428 g/mol. The van der Waals surface area contributed by atoms with Gasteiger partial charge in [-0.2, -0.15) is 4.68 Å². The summed E-state index contributed by atoms with van der Waals surface area (Å²) >= 11 is 0.979. The first kappa shape index (κ1) is 20.6. The zero-order chi connectivity index (χ0) is 21.0. The summed E-state index contributed by atoms with van der Waals surface area (Å²) in [6.07, 6.45) is -4.80. The fourth-order valence-electron chi connectivity index (χ4n) is 2.33. The summed E-state index contributed by atoms with van der Waals surface area (Å²) in [7, 11) is 1.36. The highest BCUT2D eigenvalue weighted by Gasteiger charge is 2.31. The molecule has 2 aromatic carbocycles. The molecule has 7 nitrogen and oxygen atoms in total. The molecule has 0 radical (unpaired) electrons. The summed E-state index contributed by atoms with van der Waals surface area (Å²) in [6.45, 7) is 0. The van der Waals surface area contributed by atoms with Gasteiger partial charge in [0.25, 0.3) is 0 Å². The quantitative estimate of drug-likeness (QED) is 0.323. The third kappa shape index (κ3) is 5.22. The minimum absolute atomic E-state index is 0.0766. The van der Waals surface area contributed by atoms with Crippen LogP contribution in [0.15, 0.2) is 47.6 Å². The third-order valence-corrected chi connectivity index (χ3v) is 4.47. The molecule has 3 rings (SSSR count). The van der Waals surface area contributed by atoms with E-state index in [4.69, 9.17) is 4.74 Å². The molecule has 0 spiro atoms. The Morgan fingerprint density at radius 3 is 2.55 bits per heavy atom. The van der Waals surface area contributed by atoms with Gasteiger partial charge in [0.05, 0.1) is 24.1 Å². The second-order valence-corrected chi connectivity index (χ2v) is 6.41. The molecule has 0 saturated carbocycles. The zero-order valence-electron chi connectivity index (χ0n) is 14.7. The van der Waals surface area contributed by atoms with Gasteiger partial charge in [-0.25, -0.2) is 4.39 Å². The number of ketones is 1. The topological polar surface area (TPSA) is 79.1 Å². The van der Waals surface area contributed by atoms with Gasteiger partial charge in [0.15, 0.2) is 5.78 Å².